The van der Waals surface area contributed by atoms with Crippen LogP contribution in [-0.4, -0.2) is 11.9 Å². The van der Waals surface area contributed by atoms with Gasteiger partial charge >= 0.3 is 11.9 Å². The molecule has 4 nitrogen and oxygen atoms in total. The molecule has 0 N–H and O–H groups in total. The molecule has 3 rings (SSSR count). The molecule has 1 aliphatic heterocycles. The third-order valence-corrected chi connectivity index (χ3v) is 4.19. The second-order valence-electron chi connectivity index (χ2n) is 5.83. The quantitative estimate of drug-likeness (QED) is 0.416. The van der Waals surface area contributed by atoms with Crippen LogP contribution in [0.4, 0.5) is 0 Å². The van der Waals surface area contributed by atoms with Gasteiger partial charge in [-0.2, -0.15) is 0 Å². The standard InChI is InChI=1S/C17H18O4/c1-8(2)13-15(17(19)21-16(13)18)12-7-5-6-11-9(3)20-10(4)14(11)12/h5-7H2,1-4H3. The summed E-state index contributed by atoms with van der Waals surface area (Å²) in [6, 6.07) is 0. The first-order valence-corrected chi connectivity index (χ1v) is 7.18. The minimum Gasteiger partial charge on any atom is -0.466 e. The van der Waals surface area contributed by atoms with E-state index in [0.717, 1.165) is 53.1 Å². The first kappa shape index (κ1) is 13.9. The number of allylic oxidation sites excluding steroid dienone is 2. The normalized spacial score (nSPS) is 21.6. The lowest BCUT2D eigenvalue weighted by Crippen LogP contribution is -2.08. The van der Waals surface area contributed by atoms with Crippen LogP contribution < -0.4 is 0 Å². The first-order valence-electron chi connectivity index (χ1n) is 7.18. The fourth-order valence-electron chi connectivity index (χ4n) is 3.36. The Balaban J connectivity index is 2.32. The molecule has 1 aromatic rings. The molecule has 0 bridgehead atoms. The van der Waals surface area contributed by atoms with Crippen LogP contribution >= 0.6 is 0 Å². The van der Waals surface area contributed by atoms with Crippen molar-refractivity contribution in [2.24, 2.45) is 0 Å². The highest BCUT2D eigenvalue weighted by molar-refractivity contribution is 6.22. The number of rotatable bonds is 0. The van der Waals surface area contributed by atoms with Crippen molar-refractivity contribution in [3.8, 4) is 0 Å². The SMILES string of the molecule is CC(C)=C1C(=O)OC(=O)C1=C1CCCc2c(C)oc(C)c21. The third kappa shape index (κ3) is 1.97. The van der Waals surface area contributed by atoms with Gasteiger partial charge < -0.3 is 9.15 Å². The van der Waals surface area contributed by atoms with E-state index in [2.05, 4.69) is 0 Å². The van der Waals surface area contributed by atoms with Gasteiger partial charge in [0.1, 0.15) is 11.5 Å². The molecule has 21 heavy (non-hydrogen) atoms. The van der Waals surface area contributed by atoms with E-state index in [1.807, 2.05) is 27.7 Å². The molecule has 1 aromatic heterocycles. The summed E-state index contributed by atoms with van der Waals surface area (Å²) in [6.45, 7) is 7.50. The number of aryl methyl sites for hydroxylation is 2. The highest BCUT2D eigenvalue weighted by Gasteiger charge is 2.39. The van der Waals surface area contributed by atoms with Crippen LogP contribution in [-0.2, 0) is 20.7 Å². The van der Waals surface area contributed by atoms with Gasteiger partial charge in [0.05, 0.1) is 11.1 Å². The predicted octanol–water partition coefficient (Wildman–Crippen LogP) is 3.41. The molecule has 0 unspecified atom stereocenters. The number of furan rings is 1. The fourth-order valence-corrected chi connectivity index (χ4v) is 3.36. The molecule has 110 valence electrons. The van der Waals surface area contributed by atoms with Crippen LogP contribution in [0.2, 0.25) is 0 Å². The Labute approximate surface area is 123 Å². The topological polar surface area (TPSA) is 56.5 Å². The van der Waals surface area contributed by atoms with Gasteiger partial charge in [-0.1, -0.05) is 5.57 Å². The molecular weight excluding hydrogens is 268 g/mol. The largest absolute Gasteiger partial charge is 0.466 e. The van der Waals surface area contributed by atoms with Crippen molar-refractivity contribution in [3.63, 3.8) is 0 Å². The molecule has 2 heterocycles. The maximum absolute atomic E-state index is 12.2. The average molecular weight is 286 g/mol. The molecule has 0 spiro atoms. The Hall–Kier alpha value is -2.10. The highest BCUT2D eigenvalue weighted by atomic mass is 16.6. The number of ether oxygens (including phenoxy) is 1. The summed E-state index contributed by atoms with van der Waals surface area (Å²) in [7, 11) is 0. The summed E-state index contributed by atoms with van der Waals surface area (Å²) in [6.07, 6.45) is 2.66. The first-order chi connectivity index (χ1) is 9.91. The van der Waals surface area contributed by atoms with Gasteiger partial charge in [0.25, 0.3) is 0 Å². The molecule has 0 radical (unpaired) electrons. The van der Waals surface area contributed by atoms with E-state index in [1.54, 1.807) is 0 Å². The second kappa shape index (κ2) is 4.72. The van der Waals surface area contributed by atoms with Crippen LogP contribution in [0.3, 0.4) is 0 Å². The van der Waals surface area contributed by atoms with Crippen molar-refractivity contribution < 1.29 is 18.7 Å². The molecule has 2 aliphatic rings. The number of esters is 2. The molecule has 4 heteroatoms. The van der Waals surface area contributed by atoms with E-state index in [1.165, 1.54) is 0 Å². The average Bonchev–Trinajstić information content (AvgIpc) is 2.87. The summed E-state index contributed by atoms with van der Waals surface area (Å²) in [5, 5.41) is 0. The van der Waals surface area contributed by atoms with Crippen LogP contribution in [0.25, 0.3) is 5.57 Å². The lowest BCUT2D eigenvalue weighted by molar-refractivity contribution is -0.149. The summed E-state index contributed by atoms with van der Waals surface area (Å²) in [5.74, 6) is 0.645. The van der Waals surface area contributed by atoms with Gasteiger partial charge in [0.2, 0.25) is 0 Å². The fraction of sp³-hybridized carbons (Fsp3) is 0.412. The Morgan fingerprint density at radius 1 is 1.00 bits per heavy atom. The summed E-state index contributed by atoms with van der Waals surface area (Å²) in [4.78, 5) is 24.1. The predicted molar refractivity (Wildman–Crippen MR) is 77.5 cm³/mol. The zero-order chi connectivity index (χ0) is 15.3. The van der Waals surface area contributed by atoms with E-state index in [9.17, 15) is 9.59 Å². The van der Waals surface area contributed by atoms with Gasteiger partial charge in [-0.25, -0.2) is 9.59 Å². The van der Waals surface area contributed by atoms with E-state index >= 15 is 0 Å². The Morgan fingerprint density at radius 2 is 1.71 bits per heavy atom. The Bertz CT molecular complexity index is 724. The molecular formula is C17H18O4. The monoisotopic (exact) mass is 286 g/mol. The zero-order valence-electron chi connectivity index (χ0n) is 12.8. The molecule has 1 fully saturated rings. The molecule has 0 atom stereocenters. The van der Waals surface area contributed by atoms with Gasteiger partial charge in [0.15, 0.2) is 0 Å². The van der Waals surface area contributed by atoms with Crippen LogP contribution in [0, 0.1) is 13.8 Å². The van der Waals surface area contributed by atoms with Crippen molar-refractivity contribution >= 4 is 17.5 Å². The summed E-state index contributed by atoms with van der Waals surface area (Å²) < 4.78 is 10.6. The maximum Gasteiger partial charge on any atom is 0.347 e. The highest BCUT2D eigenvalue weighted by Crippen LogP contribution is 2.42. The van der Waals surface area contributed by atoms with Crippen molar-refractivity contribution in [1.29, 1.82) is 0 Å². The number of cyclic esters (lactones) is 2. The van der Waals surface area contributed by atoms with E-state index in [0.29, 0.717) is 11.1 Å². The number of carbonyl (C=O) groups is 2. The van der Waals surface area contributed by atoms with Gasteiger partial charge in [0, 0.05) is 11.1 Å². The van der Waals surface area contributed by atoms with Crippen molar-refractivity contribution in [3.05, 3.63) is 39.4 Å². The van der Waals surface area contributed by atoms with E-state index in [-0.39, 0.29) is 0 Å². The smallest absolute Gasteiger partial charge is 0.347 e. The van der Waals surface area contributed by atoms with Crippen LogP contribution in [0.5, 0.6) is 0 Å². The molecule has 0 saturated carbocycles. The lowest BCUT2D eigenvalue weighted by Gasteiger charge is -2.17. The number of hydrogen-bond acceptors (Lipinski definition) is 4. The van der Waals surface area contributed by atoms with Crippen LogP contribution in [0.1, 0.15) is 49.3 Å². The molecule has 1 aliphatic carbocycles. The van der Waals surface area contributed by atoms with Crippen molar-refractivity contribution in [2.45, 2.75) is 47.0 Å². The van der Waals surface area contributed by atoms with Gasteiger partial charge in [-0.3, -0.25) is 0 Å². The Kier molecular flexibility index (Phi) is 3.12. The second-order valence-corrected chi connectivity index (χ2v) is 5.83. The molecule has 0 aromatic carbocycles. The molecule has 1 saturated heterocycles. The van der Waals surface area contributed by atoms with Gasteiger partial charge in [-0.05, 0) is 52.5 Å². The van der Waals surface area contributed by atoms with Crippen molar-refractivity contribution in [2.75, 3.05) is 0 Å². The van der Waals surface area contributed by atoms with E-state index < -0.39 is 11.9 Å². The van der Waals surface area contributed by atoms with Crippen LogP contribution in [0.15, 0.2) is 21.1 Å². The number of hydrogen-bond donors (Lipinski definition) is 0. The van der Waals surface area contributed by atoms with Crippen molar-refractivity contribution in [1.82, 2.24) is 0 Å². The zero-order valence-corrected chi connectivity index (χ0v) is 12.8. The number of carbonyl (C=O) groups excluding carboxylic acids is 2. The number of fused-ring (bicyclic) bond motifs is 1. The van der Waals surface area contributed by atoms with Gasteiger partial charge in [-0.15, -0.1) is 0 Å². The summed E-state index contributed by atoms with van der Waals surface area (Å²) in [5.41, 5.74) is 4.71. The summed E-state index contributed by atoms with van der Waals surface area (Å²) >= 11 is 0. The lowest BCUT2D eigenvalue weighted by atomic mass is 9.83. The minimum atomic E-state index is -0.535. The minimum absolute atomic E-state index is 0.418. The Morgan fingerprint density at radius 3 is 2.38 bits per heavy atom. The third-order valence-electron chi connectivity index (χ3n) is 4.19. The maximum atomic E-state index is 12.2. The molecule has 0 amide bonds. The van der Waals surface area contributed by atoms with E-state index in [4.69, 9.17) is 9.15 Å².